The first-order chi connectivity index (χ1) is 9.61. The third-order valence-corrected chi connectivity index (χ3v) is 4.18. The van der Waals surface area contributed by atoms with Crippen molar-refractivity contribution in [2.75, 3.05) is 36.3 Å². The molecule has 1 unspecified atom stereocenters. The van der Waals surface area contributed by atoms with Crippen LogP contribution in [0.15, 0.2) is 24.3 Å². The molecule has 112 valence electrons. The standard InChI is InChI=1S/C14H22N2O3S/c1-19-9-3-11-20(18)10-2-4-14(17)16-13-7-5-12(15)6-8-13/h5-8H,2-4,9-11,15H2,1H3,(H,16,17). The maximum Gasteiger partial charge on any atom is 0.224 e. The Hall–Kier alpha value is -1.40. The lowest BCUT2D eigenvalue weighted by Crippen LogP contribution is -2.13. The molecule has 0 aliphatic carbocycles. The normalized spacial score (nSPS) is 12.1. The van der Waals surface area contributed by atoms with Crippen LogP contribution in [0.3, 0.4) is 0 Å². The molecule has 0 fully saturated rings. The number of nitrogens with two attached hydrogens (primary N) is 1. The average molecular weight is 298 g/mol. The van der Waals surface area contributed by atoms with Crippen molar-refractivity contribution in [2.45, 2.75) is 19.3 Å². The molecule has 1 aromatic carbocycles. The third kappa shape index (κ3) is 7.25. The average Bonchev–Trinajstić information content (AvgIpc) is 2.42. The van der Waals surface area contributed by atoms with E-state index in [0.29, 0.717) is 36.6 Å². The molecule has 1 atom stereocenters. The van der Waals surface area contributed by atoms with Gasteiger partial charge in [-0.15, -0.1) is 0 Å². The zero-order valence-corrected chi connectivity index (χ0v) is 12.6. The van der Waals surface area contributed by atoms with Crippen LogP contribution in [0.4, 0.5) is 11.4 Å². The van der Waals surface area contributed by atoms with E-state index >= 15 is 0 Å². The number of hydrogen-bond acceptors (Lipinski definition) is 4. The summed E-state index contributed by atoms with van der Waals surface area (Å²) in [5.41, 5.74) is 6.95. The molecule has 0 spiro atoms. The van der Waals surface area contributed by atoms with Gasteiger partial charge >= 0.3 is 0 Å². The molecule has 0 saturated carbocycles. The van der Waals surface area contributed by atoms with Gasteiger partial charge in [-0.05, 0) is 37.1 Å². The Morgan fingerprint density at radius 3 is 2.55 bits per heavy atom. The first-order valence-corrected chi connectivity index (χ1v) is 8.10. The van der Waals surface area contributed by atoms with Crippen molar-refractivity contribution >= 4 is 28.1 Å². The molecule has 0 radical (unpaired) electrons. The summed E-state index contributed by atoms with van der Waals surface area (Å²) in [7, 11) is 0.765. The fraction of sp³-hybridized carbons (Fsp3) is 0.500. The second kappa shape index (κ2) is 9.50. The number of benzene rings is 1. The van der Waals surface area contributed by atoms with Crippen LogP contribution in [0.2, 0.25) is 0 Å². The molecular weight excluding hydrogens is 276 g/mol. The summed E-state index contributed by atoms with van der Waals surface area (Å²) in [6.45, 7) is 0.628. The highest BCUT2D eigenvalue weighted by Gasteiger charge is 2.05. The molecule has 0 heterocycles. The zero-order chi connectivity index (χ0) is 14.8. The van der Waals surface area contributed by atoms with Crippen LogP contribution in [0, 0.1) is 0 Å². The maximum atomic E-state index is 11.7. The number of anilines is 2. The van der Waals surface area contributed by atoms with Crippen LogP contribution in [0.5, 0.6) is 0 Å². The molecule has 0 aliphatic heterocycles. The van der Waals surface area contributed by atoms with Gasteiger partial charge in [0.1, 0.15) is 0 Å². The largest absolute Gasteiger partial charge is 0.399 e. The summed E-state index contributed by atoms with van der Waals surface area (Å²) in [5.74, 6) is 1.12. The van der Waals surface area contributed by atoms with Gasteiger partial charge in [0.15, 0.2) is 0 Å². The third-order valence-electron chi connectivity index (χ3n) is 2.69. The first kappa shape index (κ1) is 16.7. The van der Waals surface area contributed by atoms with Crippen molar-refractivity contribution in [1.82, 2.24) is 0 Å². The maximum absolute atomic E-state index is 11.7. The topological polar surface area (TPSA) is 81.4 Å². The van der Waals surface area contributed by atoms with E-state index in [9.17, 15) is 9.00 Å². The van der Waals surface area contributed by atoms with E-state index in [1.165, 1.54) is 0 Å². The van der Waals surface area contributed by atoms with Crippen LogP contribution < -0.4 is 11.1 Å². The Bertz CT molecular complexity index is 435. The van der Waals surface area contributed by atoms with Gasteiger partial charge in [-0.2, -0.15) is 0 Å². The number of rotatable bonds is 9. The van der Waals surface area contributed by atoms with Gasteiger partial charge in [-0.3, -0.25) is 9.00 Å². The Morgan fingerprint density at radius 2 is 1.90 bits per heavy atom. The highest BCUT2D eigenvalue weighted by Crippen LogP contribution is 2.11. The monoisotopic (exact) mass is 298 g/mol. The van der Waals surface area contributed by atoms with Gasteiger partial charge in [-0.1, -0.05) is 0 Å². The second-order valence-electron chi connectivity index (χ2n) is 4.47. The number of amides is 1. The molecule has 0 aliphatic rings. The van der Waals surface area contributed by atoms with Crippen LogP contribution in [0.1, 0.15) is 19.3 Å². The van der Waals surface area contributed by atoms with Gasteiger partial charge in [0.05, 0.1) is 0 Å². The lowest BCUT2D eigenvalue weighted by atomic mass is 10.2. The van der Waals surface area contributed by atoms with Crippen molar-refractivity contribution in [3.8, 4) is 0 Å². The van der Waals surface area contributed by atoms with Gasteiger partial charge < -0.3 is 15.8 Å². The fourth-order valence-electron chi connectivity index (χ4n) is 1.65. The molecule has 0 saturated heterocycles. The quantitative estimate of drug-likeness (QED) is 0.538. The molecule has 0 aromatic heterocycles. The Morgan fingerprint density at radius 1 is 1.25 bits per heavy atom. The number of methoxy groups -OCH3 is 1. The summed E-state index contributed by atoms with van der Waals surface area (Å²) in [4.78, 5) is 11.7. The van der Waals surface area contributed by atoms with Crippen LogP contribution in [0.25, 0.3) is 0 Å². The van der Waals surface area contributed by atoms with E-state index in [4.69, 9.17) is 10.5 Å². The number of nitrogens with one attached hydrogen (secondary N) is 1. The zero-order valence-electron chi connectivity index (χ0n) is 11.8. The Labute approximate surface area is 122 Å². The highest BCUT2D eigenvalue weighted by atomic mass is 32.2. The Balaban J connectivity index is 2.17. The Kier molecular flexibility index (Phi) is 7.91. The van der Waals surface area contributed by atoms with Crippen molar-refractivity contribution in [3.05, 3.63) is 24.3 Å². The molecule has 3 N–H and O–H groups in total. The van der Waals surface area contributed by atoms with Crippen LogP contribution in [-0.4, -0.2) is 35.3 Å². The molecule has 20 heavy (non-hydrogen) atoms. The van der Waals surface area contributed by atoms with E-state index < -0.39 is 10.8 Å². The van der Waals surface area contributed by atoms with E-state index in [-0.39, 0.29) is 5.91 Å². The van der Waals surface area contributed by atoms with Gasteiger partial charge in [-0.25, -0.2) is 0 Å². The summed E-state index contributed by atoms with van der Waals surface area (Å²) >= 11 is 0. The van der Waals surface area contributed by atoms with E-state index in [1.54, 1.807) is 31.4 Å². The predicted molar refractivity (Wildman–Crippen MR) is 83.1 cm³/mol. The molecule has 0 bridgehead atoms. The second-order valence-corrected chi connectivity index (χ2v) is 6.16. The van der Waals surface area contributed by atoms with Gasteiger partial charge in [0, 0.05) is 53.8 Å². The summed E-state index contributed by atoms with van der Waals surface area (Å²) in [5, 5.41) is 2.78. The van der Waals surface area contributed by atoms with E-state index in [1.807, 2.05) is 0 Å². The minimum atomic E-state index is -0.864. The van der Waals surface area contributed by atoms with Gasteiger partial charge in [0.2, 0.25) is 5.91 Å². The summed E-state index contributed by atoms with van der Waals surface area (Å²) in [6, 6.07) is 6.99. The number of carbonyl (C=O) groups is 1. The predicted octanol–water partition coefficient (Wildman–Crippen LogP) is 1.77. The number of hydrogen-bond donors (Lipinski definition) is 2. The van der Waals surface area contributed by atoms with E-state index in [0.717, 1.165) is 12.1 Å². The van der Waals surface area contributed by atoms with Gasteiger partial charge in [0.25, 0.3) is 0 Å². The molecule has 1 rings (SSSR count). The highest BCUT2D eigenvalue weighted by molar-refractivity contribution is 7.84. The first-order valence-electron chi connectivity index (χ1n) is 6.61. The molecular formula is C14H22N2O3S. The number of carbonyl (C=O) groups excluding carboxylic acids is 1. The number of ether oxygens (including phenoxy) is 1. The van der Waals surface area contributed by atoms with Crippen molar-refractivity contribution in [3.63, 3.8) is 0 Å². The van der Waals surface area contributed by atoms with E-state index in [2.05, 4.69) is 5.32 Å². The summed E-state index contributed by atoms with van der Waals surface area (Å²) in [6.07, 6.45) is 1.79. The molecule has 5 nitrogen and oxygen atoms in total. The SMILES string of the molecule is COCCCS(=O)CCCC(=O)Nc1ccc(N)cc1. The molecule has 1 aromatic rings. The smallest absolute Gasteiger partial charge is 0.224 e. The fourth-order valence-corrected chi connectivity index (χ4v) is 2.76. The van der Waals surface area contributed by atoms with Crippen molar-refractivity contribution in [1.29, 1.82) is 0 Å². The minimum Gasteiger partial charge on any atom is -0.399 e. The summed E-state index contributed by atoms with van der Waals surface area (Å²) < 4.78 is 16.5. The van der Waals surface area contributed by atoms with Crippen LogP contribution in [-0.2, 0) is 20.3 Å². The lowest BCUT2D eigenvalue weighted by Gasteiger charge is -2.05. The van der Waals surface area contributed by atoms with Crippen molar-refractivity contribution in [2.24, 2.45) is 0 Å². The van der Waals surface area contributed by atoms with Crippen molar-refractivity contribution < 1.29 is 13.7 Å². The molecule has 1 amide bonds. The minimum absolute atomic E-state index is 0.0661. The lowest BCUT2D eigenvalue weighted by molar-refractivity contribution is -0.116. The van der Waals surface area contributed by atoms with Crippen LogP contribution >= 0.6 is 0 Å². The number of nitrogen functional groups attached to an aromatic ring is 1. The molecule has 6 heteroatoms.